The minimum Gasteiger partial charge on any atom is -0.420 e. The molecule has 0 amide bonds. The molecule has 1 rings (SSSR count). The van der Waals surface area contributed by atoms with Gasteiger partial charge in [0.2, 0.25) is 8.40 Å². The molecule has 0 spiro atoms. The first-order chi connectivity index (χ1) is 13.4. The van der Waals surface area contributed by atoms with E-state index in [1.54, 1.807) is 5.19 Å². The third-order valence-corrected chi connectivity index (χ3v) is 14.7. The van der Waals surface area contributed by atoms with E-state index < -0.39 is 16.7 Å². The smallest absolute Gasteiger partial charge is 0.239 e. The van der Waals surface area contributed by atoms with Crippen molar-refractivity contribution in [1.82, 2.24) is 9.13 Å². The molecule has 0 fully saturated rings. The maximum Gasteiger partial charge on any atom is 0.239 e. The molecule has 0 saturated heterocycles. The van der Waals surface area contributed by atoms with E-state index in [0.717, 1.165) is 26.2 Å². The van der Waals surface area contributed by atoms with Crippen molar-refractivity contribution in [3.63, 3.8) is 0 Å². The Morgan fingerprint density at radius 2 is 1.18 bits per heavy atom. The van der Waals surface area contributed by atoms with Crippen molar-refractivity contribution in [2.24, 2.45) is 0 Å². The Bertz CT molecular complexity index is 505. The third-order valence-electron chi connectivity index (χ3n) is 6.42. The monoisotopic (exact) mass is 422 g/mol. The van der Waals surface area contributed by atoms with Crippen molar-refractivity contribution in [2.75, 3.05) is 33.3 Å². The van der Waals surface area contributed by atoms with Gasteiger partial charge in [-0.3, -0.25) is 0 Å². The zero-order valence-electron chi connectivity index (χ0n) is 19.8. The highest BCUT2D eigenvalue weighted by Crippen LogP contribution is 2.25. The molecule has 1 aromatic rings. The van der Waals surface area contributed by atoms with Crippen LogP contribution in [0.4, 0.5) is 0 Å². The van der Waals surface area contributed by atoms with Gasteiger partial charge in [0.25, 0.3) is 0 Å². The van der Waals surface area contributed by atoms with Gasteiger partial charge in [0, 0.05) is 7.11 Å². The molecule has 3 nitrogen and oxygen atoms in total. The fourth-order valence-electron chi connectivity index (χ4n) is 4.60. The maximum absolute atomic E-state index is 5.71. The number of hydrogen-bond donors (Lipinski definition) is 0. The molecular weight excluding hydrogens is 376 g/mol. The first-order valence-electron chi connectivity index (χ1n) is 11.5. The lowest BCUT2D eigenvalue weighted by Crippen LogP contribution is -2.72. The molecule has 0 aliphatic heterocycles. The predicted octanol–water partition coefficient (Wildman–Crippen LogP) is 5.43. The molecule has 0 aliphatic carbocycles. The van der Waals surface area contributed by atoms with E-state index >= 15 is 0 Å². The first kappa shape index (κ1) is 25.6. The van der Waals surface area contributed by atoms with Crippen LogP contribution in [0.25, 0.3) is 0 Å². The molecule has 162 valence electrons. The number of hydrogen-bond acceptors (Lipinski definition) is 3. The van der Waals surface area contributed by atoms with Crippen molar-refractivity contribution in [1.29, 1.82) is 0 Å². The van der Waals surface area contributed by atoms with Crippen molar-refractivity contribution in [3.05, 3.63) is 30.3 Å². The van der Waals surface area contributed by atoms with Gasteiger partial charge in [0.05, 0.1) is 0 Å². The molecule has 5 heteroatoms. The number of nitrogens with zero attached hydrogens (tertiary/aromatic N) is 2. The number of rotatable bonds is 15. The summed E-state index contributed by atoms with van der Waals surface area (Å²) in [4.78, 5) is 0. The average molecular weight is 423 g/mol. The van der Waals surface area contributed by atoms with E-state index in [0.29, 0.717) is 0 Å². The van der Waals surface area contributed by atoms with E-state index in [-0.39, 0.29) is 0 Å². The Kier molecular flexibility index (Phi) is 11.8. The Hall–Kier alpha value is -0.466. The topological polar surface area (TPSA) is 15.7 Å². The van der Waals surface area contributed by atoms with E-state index in [1.807, 2.05) is 7.11 Å². The molecule has 0 radical (unpaired) electrons. The third kappa shape index (κ3) is 6.80. The van der Waals surface area contributed by atoms with Gasteiger partial charge in [0.1, 0.15) is 0 Å². The van der Waals surface area contributed by atoms with Crippen LogP contribution in [0, 0.1) is 0 Å². The first-order valence-corrected chi connectivity index (χ1v) is 16.7. The molecule has 0 aromatic heterocycles. The summed E-state index contributed by atoms with van der Waals surface area (Å²) in [5.41, 5.74) is 0. The summed E-state index contributed by atoms with van der Waals surface area (Å²) in [6, 6.07) is 14.1. The van der Waals surface area contributed by atoms with E-state index in [1.165, 1.54) is 37.8 Å². The maximum atomic E-state index is 5.71. The van der Waals surface area contributed by atoms with Gasteiger partial charge in [-0.15, -0.1) is 0 Å². The highest BCUT2D eigenvalue weighted by molar-refractivity contribution is 6.87. The SMILES string of the molecule is CCN(CC)[Si](CCCCCC[Si](C)(C)OC)(c1ccccc1)N(CC)CC. The molecular formula is C23H46N2OSi2. The minimum absolute atomic E-state index is 1.14. The number of unbranched alkanes of at least 4 members (excludes halogenated alkanes) is 3. The highest BCUT2D eigenvalue weighted by Gasteiger charge is 2.44. The average Bonchev–Trinajstić information content (AvgIpc) is 2.72. The summed E-state index contributed by atoms with van der Waals surface area (Å²) < 4.78 is 11.3. The zero-order valence-corrected chi connectivity index (χ0v) is 21.8. The van der Waals surface area contributed by atoms with Gasteiger partial charge < -0.3 is 13.6 Å². The molecule has 1 aromatic carbocycles. The molecule has 0 saturated carbocycles. The molecule has 28 heavy (non-hydrogen) atoms. The zero-order chi connectivity index (χ0) is 21.0. The molecule has 0 aliphatic rings. The summed E-state index contributed by atoms with van der Waals surface area (Å²) in [6.07, 6.45) is 5.35. The quantitative estimate of drug-likeness (QED) is 0.277. The largest absolute Gasteiger partial charge is 0.420 e. The Labute approximate surface area is 177 Å². The van der Waals surface area contributed by atoms with Gasteiger partial charge in [-0.2, -0.15) is 0 Å². The number of benzene rings is 1. The van der Waals surface area contributed by atoms with Crippen LogP contribution in [0.1, 0.15) is 53.4 Å². The summed E-state index contributed by atoms with van der Waals surface area (Å²) in [5.74, 6) is 0. The van der Waals surface area contributed by atoms with Crippen LogP contribution < -0.4 is 5.19 Å². The Morgan fingerprint density at radius 1 is 0.714 bits per heavy atom. The summed E-state index contributed by atoms with van der Waals surface area (Å²) in [7, 11) is -1.39. The van der Waals surface area contributed by atoms with Crippen LogP contribution in [0.5, 0.6) is 0 Å². The highest BCUT2D eigenvalue weighted by atomic mass is 28.4. The van der Waals surface area contributed by atoms with Gasteiger partial charge in [-0.25, -0.2) is 0 Å². The van der Waals surface area contributed by atoms with Crippen LogP contribution >= 0.6 is 0 Å². The van der Waals surface area contributed by atoms with Gasteiger partial charge in [-0.1, -0.05) is 83.7 Å². The summed E-state index contributed by atoms with van der Waals surface area (Å²) in [5, 5.41) is 1.59. The van der Waals surface area contributed by atoms with Gasteiger partial charge in [-0.05, 0) is 56.5 Å². The van der Waals surface area contributed by atoms with Crippen molar-refractivity contribution >= 4 is 21.9 Å². The standard InChI is InChI=1S/C23H46N2OSi2/c1-8-24(9-2)28(25(10-3)11-4,23-19-15-14-16-20-23)22-18-13-12-17-21-27(6,7)26-5/h14-16,19-20H,8-13,17-18,21-22H2,1-7H3. The Balaban J connectivity index is 2.94. The second-order valence-electron chi connectivity index (χ2n) is 8.41. The van der Waals surface area contributed by atoms with Gasteiger partial charge in [0.15, 0.2) is 8.32 Å². The van der Waals surface area contributed by atoms with E-state index in [4.69, 9.17) is 4.43 Å². The van der Waals surface area contributed by atoms with Crippen LogP contribution in [0.3, 0.4) is 0 Å². The summed E-state index contributed by atoms with van der Waals surface area (Å²) in [6.45, 7) is 18.6. The fraction of sp³-hybridized carbons (Fsp3) is 0.739. The van der Waals surface area contributed by atoms with Crippen LogP contribution in [-0.4, -0.2) is 59.1 Å². The van der Waals surface area contributed by atoms with Crippen LogP contribution in [0.15, 0.2) is 30.3 Å². The fourth-order valence-corrected chi connectivity index (χ4v) is 11.5. The molecule has 0 unspecified atom stereocenters. The lowest BCUT2D eigenvalue weighted by atomic mass is 10.2. The molecule has 0 bridgehead atoms. The Morgan fingerprint density at radius 3 is 1.61 bits per heavy atom. The summed E-state index contributed by atoms with van der Waals surface area (Å²) >= 11 is 0. The normalized spacial score (nSPS) is 12.9. The van der Waals surface area contributed by atoms with Crippen LogP contribution in [-0.2, 0) is 4.43 Å². The molecule has 0 N–H and O–H groups in total. The van der Waals surface area contributed by atoms with E-state index in [2.05, 4.69) is 80.3 Å². The molecule has 0 heterocycles. The lowest BCUT2D eigenvalue weighted by Gasteiger charge is -2.48. The van der Waals surface area contributed by atoms with E-state index in [9.17, 15) is 0 Å². The van der Waals surface area contributed by atoms with Crippen molar-refractivity contribution < 1.29 is 4.43 Å². The minimum atomic E-state index is -1.88. The van der Waals surface area contributed by atoms with Crippen molar-refractivity contribution in [3.8, 4) is 0 Å². The van der Waals surface area contributed by atoms with Crippen molar-refractivity contribution in [2.45, 2.75) is 78.6 Å². The lowest BCUT2D eigenvalue weighted by molar-refractivity contribution is 0.358. The van der Waals surface area contributed by atoms with Gasteiger partial charge >= 0.3 is 0 Å². The van der Waals surface area contributed by atoms with Crippen LogP contribution in [0.2, 0.25) is 25.2 Å². The second kappa shape index (κ2) is 13.0. The predicted molar refractivity (Wildman–Crippen MR) is 130 cm³/mol. The molecule has 0 atom stereocenters. The second-order valence-corrected chi connectivity index (χ2v) is 16.8.